The summed E-state index contributed by atoms with van der Waals surface area (Å²) in [6, 6.07) is 16.0. The molecule has 2 heterocycles. The molecule has 33 heavy (non-hydrogen) atoms. The number of hydrogen-bond donors (Lipinski definition) is 1. The number of ether oxygens (including phenoxy) is 1. The molecule has 1 aliphatic heterocycles. The summed E-state index contributed by atoms with van der Waals surface area (Å²) in [5.74, 6) is 0.733. The number of anilines is 2. The number of oxazole rings is 1. The van der Waals surface area contributed by atoms with Crippen molar-refractivity contribution in [2.75, 3.05) is 36.5 Å². The van der Waals surface area contributed by atoms with Gasteiger partial charge in [-0.1, -0.05) is 12.1 Å². The molecule has 0 saturated carbocycles. The number of aromatic nitrogens is 1. The SMILES string of the molecule is CC(C)(C)OC(=O)N1CCN(c2ccc(C=NNc3ccc(-c4cnco4)cc3)cc2)CC1. The Hall–Kier alpha value is -3.81. The number of rotatable bonds is 5. The lowest BCUT2D eigenvalue weighted by Gasteiger charge is -2.36. The summed E-state index contributed by atoms with van der Waals surface area (Å²) in [5.41, 5.74) is 6.54. The number of carbonyl (C=O) groups excluding carboxylic acids is 1. The van der Waals surface area contributed by atoms with Crippen molar-refractivity contribution in [1.29, 1.82) is 0 Å². The molecule has 3 aromatic rings. The highest BCUT2D eigenvalue weighted by Crippen LogP contribution is 2.21. The Labute approximate surface area is 193 Å². The minimum atomic E-state index is -0.471. The van der Waals surface area contributed by atoms with E-state index in [0.29, 0.717) is 13.1 Å². The molecule has 0 atom stereocenters. The number of carbonyl (C=O) groups is 1. The van der Waals surface area contributed by atoms with E-state index in [9.17, 15) is 4.79 Å². The second-order valence-electron chi connectivity index (χ2n) is 8.86. The zero-order chi connectivity index (χ0) is 23.3. The number of piperazine rings is 1. The van der Waals surface area contributed by atoms with Gasteiger partial charge in [-0.2, -0.15) is 5.10 Å². The third-order valence-corrected chi connectivity index (χ3v) is 5.20. The zero-order valence-corrected chi connectivity index (χ0v) is 19.2. The third-order valence-electron chi connectivity index (χ3n) is 5.20. The Balaban J connectivity index is 1.26. The number of benzene rings is 2. The van der Waals surface area contributed by atoms with Crippen LogP contribution in [-0.2, 0) is 4.74 Å². The molecule has 8 nitrogen and oxygen atoms in total. The Morgan fingerprint density at radius 2 is 1.76 bits per heavy atom. The molecule has 1 amide bonds. The van der Waals surface area contributed by atoms with Crippen LogP contribution >= 0.6 is 0 Å². The van der Waals surface area contributed by atoms with Crippen LogP contribution in [0.3, 0.4) is 0 Å². The molecule has 1 aliphatic rings. The quantitative estimate of drug-likeness (QED) is 0.445. The van der Waals surface area contributed by atoms with Gasteiger partial charge < -0.3 is 19.0 Å². The van der Waals surface area contributed by atoms with Gasteiger partial charge in [-0.25, -0.2) is 9.78 Å². The van der Waals surface area contributed by atoms with Gasteiger partial charge in [0.25, 0.3) is 0 Å². The van der Waals surface area contributed by atoms with Crippen molar-refractivity contribution in [2.45, 2.75) is 26.4 Å². The van der Waals surface area contributed by atoms with E-state index < -0.39 is 5.60 Å². The van der Waals surface area contributed by atoms with Gasteiger partial charge in [-0.15, -0.1) is 0 Å². The number of nitrogens with zero attached hydrogens (tertiary/aromatic N) is 4. The van der Waals surface area contributed by atoms with Crippen molar-refractivity contribution in [3.63, 3.8) is 0 Å². The molecule has 2 aromatic carbocycles. The van der Waals surface area contributed by atoms with Gasteiger partial charge in [-0.05, 0) is 62.7 Å². The van der Waals surface area contributed by atoms with Crippen molar-refractivity contribution in [1.82, 2.24) is 9.88 Å². The van der Waals surface area contributed by atoms with Gasteiger partial charge in [0.2, 0.25) is 0 Å². The maximum atomic E-state index is 12.2. The summed E-state index contributed by atoms with van der Waals surface area (Å²) in [6.45, 7) is 8.51. The molecule has 0 radical (unpaired) electrons. The molecule has 0 bridgehead atoms. The van der Waals surface area contributed by atoms with Gasteiger partial charge in [0.1, 0.15) is 5.60 Å². The summed E-state index contributed by atoms with van der Waals surface area (Å²) in [4.78, 5) is 20.2. The highest BCUT2D eigenvalue weighted by molar-refractivity contribution is 5.81. The fourth-order valence-electron chi connectivity index (χ4n) is 3.49. The van der Waals surface area contributed by atoms with Crippen LogP contribution in [0.5, 0.6) is 0 Å². The van der Waals surface area contributed by atoms with E-state index in [-0.39, 0.29) is 6.09 Å². The van der Waals surface area contributed by atoms with Crippen LogP contribution in [0.2, 0.25) is 0 Å². The minimum absolute atomic E-state index is 0.242. The molecule has 1 fully saturated rings. The molecule has 4 rings (SSSR count). The van der Waals surface area contributed by atoms with Crippen molar-refractivity contribution >= 4 is 23.7 Å². The van der Waals surface area contributed by atoms with Gasteiger partial charge in [0, 0.05) is 37.4 Å². The van der Waals surface area contributed by atoms with E-state index in [1.807, 2.05) is 57.2 Å². The lowest BCUT2D eigenvalue weighted by molar-refractivity contribution is 0.0240. The third kappa shape index (κ3) is 6.12. The fourth-order valence-corrected chi connectivity index (χ4v) is 3.49. The Morgan fingerprint density at radius 1 is 1.06 bits per heavy atom. The van der Waals surface area contributed by atoms with Crippen molar-refractivity contribution < 1.29 is 13.9 Å². The Bertz CT molecular complexity index is 1060. The molecule has 0 unspecified atom stereocenters. The van der Waals surface area contributed by atoms with Crippen LogP contribution in [0.25, 0.3) is 11.3 Å². The van der Waals surface area contributed by atoms with Crippen molar-refractivity contribution in [2.24, 2.45) is 5.10 Å². The summed E-state index contributed by atoms with van der Waals surface area (Å²) in [5, 5.41) is 4.32. The molecular formula is C25H29N5O3. The van der Waals surface area contributed by atoms with Crippen LogP contribution in [0.15, 0.2) is 70.6 Å². The van der Waals surface area contributed by atoms with Gasteiger partial charge >= 0.3 is 6.09 Å². The van der Waals surface area contributed by atoms with Gasteiger partial charge in [0.15, 0.2) is 12.2 Å². The largest absolute Gasteiger partial charge is 0.444 e. The van der Waals surface area contributed by atoms with Crippen LogP contribution in [0, 0.1) is 0 Å². The maximum absolute atomic E-state index is 12.2. The zero-order valence-electron chi connectivity index (χ0n) is 19.2. The molecule has 1 saturated heterocycles. The summed E-state index contributed by atoms with van der Waals surface area (Å²) in [6.07, 6.45) is 4.65. The fraction of sp³-hybridized carbons (Fsp3) is 0.320. The Kier molecular flexibility index (Phi) is 6.63. The van der Waals surface area contributed by atoms with Gasteiger partial charge in [-0.3, -0.25) is 5.43 Å². The van der Waals surface area contributed by atoms with E-state index in [2.05, 4.69) is 32.5 Å². The van der Waals surface area contributed by atoms with E-state index in [1.165, 1.54) is 6.39 Å². The van der Waals surface area contributed by atoms with E-state index in [1.54, 1.807) is 17.3 Å². The first kappa shape index (κ1) is 22.4. The van der Waals surface area contributed by atoms with Crippen LogP contribution < -0.4 is 10.3 Å². The van der Waals surface area contributed by atoms with Gasteiger partial charge in [0.05, 0.1) is 18.1 Å². The minimum Gasteiger partial charge on any atom is -0.444 e. The van der Waals surface area contributed by atoms with Crippen LogP contribution in [0.1, 0.15) is 26.3 Å². The topological polar surface area (TPSA) is 83.2 Å². The number of amides is 1. The average Bonchev–Trinajstić information content (AvgIpc) is 3.34. The Morgan fingerprint density at radius 3 is 2.36 bits per heavy atom. The van der Waals surface area contributed by atoms with Crippen LogP contribution in [-0.4, -0.2) is 54.0 Å². The smallest absolute Gasteiger partial charge is 0.410 e. The number of hydrogen-bond acceptors (Lipinski definition) is 7. The van der Waals surface area contributed by atoms with E-state index >= 15 is 0 Å². The van der Waals surface area contributed by atoms with Crippen LogP contribution in [0.4, 0.5) is 16.2 Å². The second-order valence-corrected chi connectivity index (χ2v) is 8.86. The van der Waals surface area contributed by atoms with Crippen molar-refractivity contribution in [3.05, 3.63) is 66.7 Å². The highest BCUT2D eigenvalue weighted by Gasteiger charge is 2.25. The molecular weight excluding hydrogens is 418 g/mol. The lowest BCUT2D eigenvalue weighted by Crippen LogP contribution is -2.50. The highest BCUT2D eigenvalue weighted by atomic mass is 16.6. The predicted octanol–water partition coefficient (Wildman–Crippen LogP) is 4.84. The first-order chi connectivity index (χ1) is 15.9. The molecule has 1 N–H and O–H groups in total. The van der Waals surface area contributed by atoms with E-state index in [0.717, 1.165) is 41.4 Å². The van der Waals surface area contributed by atoms with Crippen molar-refractivity contribution in [3.8, 4) is 11.3 Å². The van der Waals surface area contributed by atoms with E-state index in [4.69, 9.17) is 9.15 Å². The molecule has 0 spiro atoms. The summed E-state index contributed by atoms with van der Waals surface area (Å²) < 4.78 is 10.8. The average molecular weight is 448 g/mol. The molecule has 1 aromatic heterocycles. The summed E-state index contributed by atoms with van der Waals surface area (Å²) in [7, 11) is 0. The normalized spacial score (nSPS) is 14.5. The maximum Gasteiger partial charge on any atom is 0.410 e. The first-order valence-corrected chi connectivity index (χ1v) is 11.0. The molecule has 0 aliphatic carbocycles. The molecule has 172 valence electrons. The monoisotopic (exact) mass is 447 g/mol. The lowest BCUT2D eigenvalue weighted by atomic mass is 10.2. The second kappa shape index (κ2) is 9.77. The number of nitrogens with one attached hydrogen (secondary N) is 1. The molecule has 8 heteroatoms. The first-order valence-electron chi connectivity index (χ1n) is 11.0. The predicted molar refractivity (Wildman–Crippen MR) is 130 cm³/mol. The summed E-state index contributed by atoms with van der Waals surface area (Å²) >= 11 is 0. The standard InChI is InChI=1S/C25H29N5O3/c1-25(2,3)33-24(31)30-14-12-29(13-15-30)22-10-4-19(5-11-22)16-27-28-21-8-6-20(7-9-21)23-17-26-18-32-23/h4-11,16-18,28H,12-15H2,1-3H3. The number of hydrazone groups is 1.